The van der Waals surface area contributed by atoms with Gasteiger partial charge in [0.25, 0.3) is 0 Å². The van der Waals surface area contributed by atoms with Gasteiger partial charge in [-0.2, -0.15) is 0 Å². The molecule has 1 aromatic carbocycles. The quantitative estimate of drug-likeness (QED) is 0.481. The standard InChI is InChI=1S/C30H34FN3/c1-17-8-6-11-26-23(18(17)2)9-7-10-24-19(3)20(4)27(34-30(24)26)14-15-29-32-21(5)25-13-12-22(31)16-28(25)33-29/h6-7,9,11-13,16-19,24H,8,10,14-15H2,1-5H3. The number of aliphatic imine (C=N–C) groups is 1. The van der Waals surface area contributed by atoms with Gasteiger partial charge >= 0.3 is 0 Å². The Bertz CT molecular complexity index is 1290. The Kier molecular flexibility index (Phi) is 6.09. The van der Waals surface area contributed by atoms with E-state index >= 15 is 0 Å². The SMILES string of the molecule is CC1=C(CCc2nc(C)c3ccc(F)cc3n2)N=C2C3=C(C=CCC2C1C)C(C)C(C)CC=C3. The predicted molar refractivity (Wildman–Crippen MR) is 138 cm³/mol. The highest BCUT2D eigenvalue weighted by molar-refractivity contribution is 6.07. The largest absolute Gasteiger partial charge is 0.257 e. The van der Waals surface area contributed by atoms with Crippen LogP contribution in [0.2, 0.25) is 0 Å². The number of hydrogen-bond donors (Lipinski definition) is 0. The number of rotatable bonds is 3. The van der Waals surface area contributed by atoms with Gasteiger partial charge in [0.05, 0.1) is 11.2 Å². The van der Waals surface area contributed by atoms with Crippen molar-refractivity contribution in [3.05, 3.63) is 82.3 Å². The van der Waals surface area contributed by atoms with Crippen LogP contribution < -0.4 is 0 Å². The Morgan fingerprint density at radius 2 is 1.74 bits per heavy atom. The van der Waals surface area contributed by atoms with Gasteiger partial charge in [-0.3, -0.25) is 4.99 Å². The van der Waals surface area contributed by atoms with Crippen LogP contribution in [0.25, 0.3) is 10.9 Å². The normalized spacial score (nSPS) is 26.8. The molecule has 0 amide bonds. The van der Waals surface area contributed by atoms with E-state index in [2.05, 4.69) is 57.0 Å². The summed E-state index contributed by atoms with van der Waals surface area (Å²) in [5.74, 6) is 2.49. The van der Waals surface area contributed by atoms with Crippen molar-refractivity contribution >= 4 is 16.6 Å². The lowest BCUT2D eigenvalue weighted by atomic mass is 9.76. The highest BCUT2D eigenvalue weighted by Crippen LogP contribution is 2.41. The summed E-state index contributed by atoms with van der Waals surface area (Å²) < 4.78 is 13.8. The van der Waals surface area contributed by atoms with E-state index in [0.29, 0.717) is 35.6 Å². The van der Waals surface area contributed by atoms with Crippen molar-refractivity contribution in [2.24, 2.45) is 28.7 Å². The number of aromatic nitrogens is 2. The number of aryl methyl sites for hydroxylation is 2. The zero-order valence-corrected chi connectivity index (χ0v) is 20.9. The van der Waals surface area contributed by atoms with Crippen LogP contribution in [-0.4, -0.2) is 15.7 Å². The Hall–Kier alpha value is -2.88. The van der Waals surface area contributed by atoms with Crippen molar-refractivity contribution in [3.63, 3.8) is 0 Å². The molecule has 0 N–H and O–H groups in total. The van der Waals surface area contributed by atoms with Crippen LogP contribution in [0.15, 0.2) is 69.9 Å². The van der Waals surface area contributed by atoms with Crippen LogP contribution in [-0.2, 0) is 6.42 Å². The average Bonchev–Trinajstić information content (AvgIpc) is 3.07. The number of fused-ring (bicyclic) bond motifs is 3. The third-order valence-corrected chi connectivity index (χ3v) is 8.24. The zero-order valence-electron chi connectivity index (χ0n) is 20.9. The highest BCUT2D eigenvalue weighted by Gasteiger charge is 2.34. The lowest BCUT2D eigenvalue weighted by Gasteiger charge is -2.32. The Morgan fingerprint density at radius 1 is 0.941 bits per heavy atom. The highest BCUT2D eigenvalue weighted by atomic mass is 19.1. The van der Waals surface area contributed by atoms with Gasteiger partial charge in [-0.1, -0.05) is 45.1 Å². The molecule has 0 radical (unpaired) electrons. The summed E-state index contributed by atoms with van der Waals surface area (Å²) >= 11 is 0. The van der Waals surface area contributed by atoms with Gasteiger partial charge < -0.3 is 0 Å². The summed E-state index contributed by atoms with van der Waals surface area (Å²) in [6, 6.07) is 4.73. The summed E-state index contributed by atoms with van der Waals surface area (Å²) in [5, 5.41) is 0.906. The Labute approximate surface area is 202 Å². The lowest BCUT2D eigenvalue weighted by Crippen LogP contribution is -2.28. The second-order valence-electron chi connectivity index (χ2n) is 10.3. The summed E-state index contributed by atoms with van der Waals surface area (Å²) in [4.78, 5) is 14.7. The maximum Gasteiger partial charge on any atom is 0.129 e. The number of hydrogen-bond acceptors (Lipinski definition) is 3. The van der Waals surface area contributed by atoms with Crippen LogP contribution >= 0.6 is 0 Å². The lowest BCUT2D eigenvalue weighted by molar-refractivity contribution is 0.454. The van der Waals surface area contributed by atoms with Crippen molar-refractivity contribution in [1.82, 2.24) is 9.97 Å². The van der Waals surface area contributed by atoms with Crippen molar-refractivity contribution in [3.8, 4) is 0 Å². The molecule has 3 aliphatic rings. The van der Waals surface area contributed by atoms with Crippen LogP contribution in [0.3, 0.4) is 0 Å². The first-order valence-corrected chi connectivity index (χ1v) is 12.6. The van der Waals surface area contributed by atoms with Crippen LogP contribution in [0.1, 0.15) is 58.5 Å². The zero-order chi connectivity index (χ0) is 24.0. The Balaban J connectivity index is 1.49. The van der Waals surface area contributed by atoms with Crippen molar-refractivity contribution in [2.45, 2.75) is 60.3 Å². The maximum atomic E-state index is 13.8. The summed E-state index contributed by atoms with van der Waals surface area (Å²) in [6.45, 7) is 11.3. The number of allylic oxidation sites excluding steroid dienone is 8. The smallest absolute Gasteiger partial charge is 0.129 e. The molecule has 0 fully saturated rings. The summed E-state index contributed by atoms with van der Waals surface area (Å²) in [7, 11) is 0. The molecule has 0 spiro atoms. The van der Waals surface area contributed by atoms with Gasteiger partial charge in [0.1, 0.15) is 11.6 Å². The van der Waals surface area contributed by atoms with Gasteiger partial charge in [-0.05, 0) is 79.7 Å². The molecule has 34 heavy (non-hydrogen) atoms. The van der Waals surface area contributed by atoms with Gasteiger partial charge in [0, 0.05) is 35.2 Å². The number of benzene rings is 1. The van der Waals surface area contributed by atoms with E-state index < -0.39 is 0 Å². The molecule has 2 aromatic rings. The fraction of sp³-hybridized carbons (Fsp3) is 0.433. The topological polar surface area (TPSA) is 38.1 Å². The molecule has 2 heterocycles. The summed E-state index contributed by atoms with van der Waals surface area (Å²) in [5.41, 5.74) is 8.12. The molecule has 0 saturated carbocycles. The first-order chi connectivity index (χ1) is 16.3. The van der Waals surface area contributed by atoms with Crippen LogP contribution in [0.4, 0.5) is 4.39 Å². The predicted octanol–water partition coefficient (Wildman–Crippen LogP) is 7.48. The minimum absolute atomic E-state index is 0.264. The number of nitrogens with zero attached hydrogens (tertiary/aromatic N) is 3. The molecule has 1 aliphatic heterocycles. The fourth-order valence-corrected chi connectivity index (χ4v) is 5.68. The Morgan fingerprint density at radius 3 is 2.56 bits per heavy atom. The molecule has 2 aliphatic carbocycles. The fourth-order valence-electron chi connectivity index (χ4n) is 5.68. The van der Waals surface area contributed by atoms with Crippen molar-refractivity contribution in [1.29, 1.82) is 0 Å². The van der Waals surface area contributed by atoms with E-state index in [4.69, 9.17) is 9.98 Å². The molecule has 4 atom stereocenters. The van der Waals surface area contributed by atoms with Gasteiger partial charge in [-0.15, -0.1) is 0 Å². The van der Waals surface area contributed by atoms with E-state index in [1.807, 2.05) is 6.92 Å². The van der Waals surface area contributed by atoms with Gasteiger partial charge in [0.2, 0.25) is 0 Å². The van der Waals surface area contributed by atoms with Crippen LogP contribution in [0.5, 0.6) is 0 Å². The van der Waals surface area contributed by atoms with E-state index in [0.717, 1.165) is 41.9 Å². The second kappa shape index (κ2) is 9.05. The first-order valence-electron chi connectivity index (χ1n) is 12.6. The summed E-state index contributed by atoms with van der Waals surface area (Å²) in [6.07, 6.45) is 13.0. The van der Waals surface area contributed by atoms with E-state index in [1.54, 1.807) is 6.07 Å². The van der Waals surface area contributed by atoms with E-state index in [-0.39, 0.29) is 5.82 Å². The number of halogens is 1. The third-order valence-electron chi connectivity index (χ3n) is 8.24. The first kappa shape index (κ1) is 22.9. The molecule has 176 valence electrons. The van der Waals surface area contributed by atoms with Gasteiger partial charge in [0.15, 0.2) is 0 Å². The molecule has 4 heteroatoms. The molecule has 0 saturated heterocycles. The molecular formula is C30H34FN3. The van der Waals surface area contributed by atoms with Crippen molar-refractivity contribution in [2.75, 3.05) is 0 Å². The molecule has 4 unspecified atom stereocenters. The van der Waals surface area contributed by atoms with Crippen molar-refractivity contribution < 1.29 is 4.39 Å². The molecule has 0 bridgehead atoms. The molecular weight excluding hydrogens is 421 g/mol. The minimum Gasteiger partial charge on any atom is -0.257 e. The third kappa shape index (κ3) is 4.08. The average molecular weight is 456 g/mol. The second-order valence-corrected chi connectivity index (χ2v) is 10.3. The van der Waals surface area contributed by atoms with Crippen LogP contribution in [0, 0.1) is 36.4 Å². The maximum absolute atomic E-state index is 13.8. The van der Waals surface area contributed by atoms with Gasteiger partial charge in [-0.25, -0.2) is 14.4 Å². The monoisotopic (exact) mass is 455 g/mol. The molecule has 1 aromatic heterocycles. The minimum atomic E-state index is -0.264. The molecule has 3 nitrogen and oxygen atoms in total. The van der Waals surface area contributed by atoms with E-state index in [9.17, 15) is 4.39 Å². The molecule has 5 rings (SSSR count). The van der Waals surface area contributed by atoms with E-state index in [1.165, 1.54) is 34.6 Å².